The van der Waals surface area contributed by atoms with Gasteiger partial charge in [0.25, 0.3) is 0 Å². The van der Waals surface area contributed by atoms with Gasteiger partial charge in [-0.25, -0.2) is 9.13 Å². The van der Waals surface area contributed by atoms with Gasteiger partial charge < -0.3 is 33.8 Å². The van der Waals surface area contributed by atoms with Crippen LogP contribution < -0.4 is 0 Å². The van der Waals surface area contributed by atoms with Gasteiger partial charge >= 0.3 is 39.5 Å². The zero-order valence-corrected chi connectivity index (χ0v) is 64.6. The topological polar surface area (TPSA) is 237 Å². The molecule has 0 aromatic heterocycles. The van der Waals surface area contributed by atoms with Gasteiger partial charge in [-0.1, -0.05) is 272 Å². The van der Waals surface area contributed by atoms with Crippen molar-refractivity contribution in [3.8, 4) is 0 Å². The zero-order chi connectivity index (χ0) is 73.2. The molecule has 3 N–H and O–H groups in total. The van der Waals surface area contributed by atoms with Crippen molar-refractivity contribution in [1.29, 1.82) is 0 Å². The number of allylic oxidation sites excluding steroid dienone is 18. The molecule has 0 aromatic carbocycles. The van der Waals surface area contributed by atoms with Crippen molar-refractivity contribution in [2.45, 2.75) is 341 Å². The van der Waals surface area contributed by atoms with Crippen molar-refractivity contribution >= 4 is 39.5 Å². The fourth-order valence-electron chi connectivity index (χ4n) is 10.2. The molecule has 5 unspecified atom stereocenters. The second-order valence-electron chi connectivity index (χ2n) is 25.9. The Morgan fingerprint density at radius 1 is 0.290 bits per heavy atom. The number of hydrogen-bond donors (Lipinski definition) is 3. The summed E-state index contributed by atoms with van der Waals surface area (Å²) in [5, 5.41) is 10.6. The lowest BCUT2D eigenvalue weighted by atomic mass is 10.1. The van der Waals surface area contributed by atoms with Crippen LogP contribution in [0.2, 0.25) is 0 Å². The van der Waals surface area contributed by atoms with E-state index >= 15 is 0 Å². The fraction of sp³-hybridized carbons (Fsp3) is 0.728. The van der Waals surface area contributed by atoms with Crippen LogP contribution in [0, 0.1) is 0 Å². The molecule has 0 rings (SSSR count). The van der Waals surface area contributed by atoms with Crippen LogP contribution in [0.15, 0.2) is 109 Å². The molecule has 19 heteroatoms. The first kappa shape index (κ1) is 95.7. The summed E-state index contributed by atoms with van der Waals surface area (Å²) in [5.41, 5.74) is 0. The summed E-state index contributed by atoms with van der Waals surface area (Å²) < 4.78 is 68.5. The van der Waals surface area contributed by atoms with Gasteiger partial charge in [0.1, 0.15) is 19.3 Å². The second-order valence-corrected chi connectivity index (χ2v) is 28.8. The van der Waals surface area contributed by atoms with Gasteiger partial charge in [-0.15, -0.1) is 0 Å². The molecule has 0 fully saturated rings. The van der Waals surface area contributed by atoms with Crippen molar-refractivity contribution in [2.75, 3.05) is 39.6 Å². The minimum atomic E-state index is -4.99. The minimum absolute atomic E-state index is 0.0701. The standard InChI is InChI=1S/C81H140O17P2/c1-5-9-13-17-21-25-29-32-35-36-37-38-41-43-47-50-54-58-62-66-79(84)92-72-77(98-81(86)68-64-60-56-52-48-44-40-34-31-27-23-19-15-11-7-3)74-96-100(89,90)94-70-75(82)69-93-99(87,88)95-73-76(97-80(85)67-63-59-55-51-45-28-24-20-16-12-8-4)71-91-78(83)65-61-57-53-49-46-42-39-33-30-26-22-18-14-10-6-2/h9,13,21-23,25-27,32-35,37-40,43,47,75-77,82H,5-8,10-12,14-20,24,28-31,36,41-42,44-46,48-74H2,1-4H3,(H,87,88)(H,89,90)/b13-9-,25-21-,26-22-,27-23-,35-32-,38-37-,39-33-,40-34-,47-43-. The third-order valence-electron chi connectivity index (χ3n) is 16.2. The first-order chi connectivity index (χ1) is 48.7. The third kappa shape index (κ3) is 72.1. The average Bonchev–Trinajstić information content (AvgIpc) is 0.985. The molecule has 0 aliphatic heterocycles. The Kier molecular flexibility index (Phi) is 69.9. The monoisotopic (exact) mass is 1450 g/mol. The maximum absolute atomic E-state index is 13.1. The second kappa shape index (κ2) is 73.0. The van der Waals surface area contributed by atoms with Gasteiger partial charge in [0, 0.05) is 25.7 Å². The highest BCUT2D eigenvalue weighted by Gasteiger charge is 2.30. The van der Waals surface area contributed by atoms with Gasteiger partial charge in [-0.3, -0.25) is 37.3 Å². The highest BCUT2D eigenvalue weighted by molar-refractivity contribution is 7.47. The van der Waals surface area contributed by atoms with Crippen LogP contribution in [0.25, 0.3) is 0 Å². The predicted octanol–water partition coefficient (Wildman–Crippen LogP) is 22.6. The van der Waals surface area contributed by atoms with Crippen molar-refractivity contribution in [3.63, 3.8) is 0 Å². The number of ether oxygens (including phenoxy) is 4. The normalized spacial score (nSPS) is 14.5. The average molecular weight is 1450 g/mol. The number of hydrogen-bond acceptors (Lipinski definition) is 15. The Hall–Kier alpha value is -4.28. The quantitative estimate of drug-likeness (QED) is 0.0169. The summed E-state index contributed by atoms with van der Waals surface area (Å²) in [6.45, 7) is 4.65. The first-order valence-electron chi connectivity index (χ1n) is 39.1. The minimum Gasteiger partial charge on any atom is -0.462 e. The van der Waals surface area contributed by atoms with E-state index in [1.165, 1.54) is 77.0 Å². The van der Waals surface area contributed by atoms with Crippen molar-refractivity contribution in [3.05, 3.63) is 109 Å². The predicted molar refractivity (Wildman–Crippen MR) is 408 cm³/mol. The van der Waals surface area contributed by atoms with Gasteiger partial charge in [0.05, 0.1) is 26.4 Å². The van der Waals surface area contributed by atoms with E-state index in [1.807, 2.05) is 0 Å². The molecule has 576 valence electrons. The Bertz CT molecular complexity index is 2320. The number of unbranched alkanes of at least 4 members (excludes halogenated alkanes) is 29. The fourth-order valence-corrected chi connectivity index (χ4v) is 11.8. The number of rotatable bonds is 73. The molecule has 5 atom stereocenters. The van der Waals surface area contributed by atoms with Gasteiger partial charge in [-0.05, 0) is 135 Å². The first-order valence-corrected chi connectivity index (χ1v) is 42.1. The molecule has 0 heterocycles. The molecular formula is C81H140O17P2. The Labute approximate surface area is 607 Å². The largest absolute Gasteiger partial charge is 0.472 e. The van der Waals surface area contributed by atoms with E-state index in [0.29, 0.717) is 25.7 Å². The van der Waals surface area contributed by atoms with Gasteiger partial charge in [0.15, 0.2) is 12.2 Å². The maximum atomic E-state index is 13.1. The van der Waals surface area contributed by atoms with E-state index in [9.17, 15) is 43.2 Å². The van der Waals surface area contributed by atoms with Crippen molar-refractivity contribution in [1.82, 2.24) is 0 Å². The summed E-state index contributed by atoms with van der Waals surface area (Å²) in [6.07, 6.45) is 77.9. The molecule has 17 nitrogen and oxygen atoms in total. The van der Waals surface area contributed by atoms with Crippen LogP contribution >= 0.6 is 15.6 Å². The number of carbonyl (C=O) groups is 4. The summed E-state index contributed by atoms with van der Waals surface area (Å²) in [7, 11) is -9.96. The van der Waals surface area contributed by atoms with Crippen LogP contribution in [0.1, 0.15) is 323 Å². The molecule has 0 aliphatic carbocycles. The molecule has 0 bridgehead atoms. The lowest BCUT2D eigenvalue weighted by Gasteiger charge is -2.21. The summed E-state index contributed by atoms with van der Waals surface area (Å²) >= 11 is 0. The molecule has 0 amide bonds. The highest BCUT2D eigenvalue weighted by Crippen LogP contribution is 2.45. The van der Waals surface area contributed by atoms with Crippen LogP contribution in [0.5, 0.6) is 0 Å². The lowest BCUT2D eigenvalue weighted by Crippen LogP contribution is -2.30. The number of phosphoric ester groups is 2. The molecule has 100 heavy (non-hydrogen) atoms. The molecule has 0 saturated carbocycles. The molecule has 0 aliphatic rings. The van der Waals surface area contributed by atoms with Crippen molar-refractivity contribution in [2.24, 2.45) is 0 Å². The number of carbonyl (C=O) groups excluding carboxylic acids is 4. The van der Waals surface area contributed by atoms with E-state index < -0.39 is 97.5 Å². The Morgan fingerprint density at radius 3 is 0.830 bits per heavy atom. The Morgan fingerprint density at radius 2 is 0.520 bits per heavy atom. The number of aliphatic hydroxyl groups is 1. The van der Waals surface area contributed by atoms with E-state index in [1.54, 1.807) is 0 Å². The van der Waals surface area contributed by atoms with Gasteiger partial charge in [-0.2, -0.15) is 0 Å². The molecular weight excluding hydrogens is 1310 g/mol. The van der Waals surface area contributed by atoms with E-state index in [0.717, 1.165) is 167 Å². The summed E-state index contributed by atoms with van der Waals surface area (Å²) in [4.78, 5) is 72.9. The molecule has 0 spiro atoms. The number of aliphatic hydroxyl groups excluding tert-OH is 1. The molecule has 0 radical (unpaired) electrons. The SMILES string of the molecule is CC/C=C\C/C=C\C/C=C\C/C=C\C/C=C\CCCCCC(=O)OCC(COP(=O)(O)OCC(O)COP(=O)(O)OCC(COC(=O)CCCCCCC/C=C\C/C=C\CCCCC)OC(=O)CCCCCCCCCCCCC)OC(=O)CCCCCCC/C=C\C/C=C\CCCCC. The smallest absolute Gasteiger partial charge is 0.462 e. The van der Waals surface area contributed by atoms with Crippen LogP contribution in [-0.4, -0.2) is 96.7 Å². The molecule has 0 saturated heterocycles. The summed E-state index contributed by atoms with van der Waals surface area (Å²) in [5.74, 6) is -2.23. The summed E-state index contributed by atoms with van der Waals surface area (Å²) in [6, 6.07) is 0. The maximum Gasteiger partial charge on any atom is 0.472 e. The van der Waals surface area contributed by atoms with E-state index in [4.69, 9.17) is 37.0 Å². The van der Waals surface area contributed by atoms with E-state index in [-0.39, 0.29) is 25.7 Å². The number of phosphoric acid groups is 2. The lowest BCUT2D eigenvalue weighted by molar-refractivity contribution is -0.161. The van der Waals surface area contributed by atoms with Crippen LogP contribution in [-0.2, 0) is 65.4 Å². The Balaban J connectivity index is 5.37. The van der Waals surface area contributed by atoms with E-state index in [2.05, 4.69) is 137 Å². The van der Waals surface area contributed by atoms with Crippen LogP contribution in [0.3, 0.4) is 0 Å². The van der Waals surface area contributed by atoms with Crippen LogP contribution in [0.4, 0.5) is 0 Å². The zero-order valence-electron chi connectivity index (χ0n) is 62.8. The number of esters is 4. The van der Waals surface area contributed by atoms with Crippen molar-refractivity contribution < 1.29 is 80.2 Å². The molecule has 0 aromatic rings. The van der Waals surface area contributed by atoms with Gasteiger partial charge in [0.2, 0.25) is 0 Å². The third-order valence-corrected chi connectivity index (χ3v) is 18.1. The highest BCUT2D eigenvalue weighted by atomic mass is 31.2.